The van der Waals surface area contributed by atoms with E-state index < -0.39 is 0 Å². The smallest absolute Gasteiger partial charge is 0.0773 e. The van der Waals surface area contributed by atoms with E-state index in [0.29, 0.717) is 6.04 Å². The van der Waals surface area contributed by atoms with Crippen molar-refractivity contribution in [3.8, 4) is 11.4 Å². The maximum Gasteiger partial charge on any atom is 0.0773 e. The third-order valence-corrected chi connectivity index (χ3v) is 7.38. The number of benzene rings is 2. The Bertz CT molecular complexity index is 1010. The van der Waals surface area contributed by atoms with Crippen LogP contribution in [0.5, 0.6) is 0 Å². The zero-order chi connectivity index (χ0) is 18.1. The topological polar surface area (TPSA) is 17.8 Å². The molecule has 0 saturated heterocycles. The third kappa shape index (κ3) is 2.74. The van der Waals surface area contributed by atoms with E-state index >= 15 is 0 Å². The van der Waals surface area contributed by atoms with Crippen molar-refractivity contribution in [1.29, 1.82) is 0 Å². The first-order valence-corrected chi connectivity index (χ1v) is 10.7. The molecule has 7 rings (SSSR count). The molecule has 2 aromatic carbocycles. The van der Waals surface area contributed by atoms with Gasteiger partial charge in [0.05, 0.1) is 16.9 Å². The molecule has 2 fully saturated rings. The predicted octanol–water partition coefficient (Wildman–Crippen LogP) is 6.47. The zero-order valence-electron chi connectivity index (χ0n) is 16.6. The number of nitrogens with zero attached hydrogens (tertiary/aromatic N) is 2. The summed E-state index contributed by atoms with van der Waals surface area (Å²) >= 11 is 0. The first kappa shape index (κ1) is 18.6. The van der Waals surface area contributed by atoms with Crippen LogP contribution in [-0.2, 0) is 20.1 Å². The molecule has 0 aliphatic heterocycles. The molecule has 0 N–H and O–H groups in total. The average molecular weight is 548 g/mol. The van der Waals surface area contributed by atoms with E-state index in [4.69, 9.17) is 4.98 Å². The Kier molecular flexibility index (Phi) is 4.52. The Labute approximate surface area is 181 Å². The van der Waals surface area contributed by atoms with Crippen molar-refractivity contribution in [2.75, 3.05) is 0 Å². The molecule has 4 aliphatic carbocycles. The maximum absolute atomic E-state index is 5.12. The molecular weight excluding hydrogens is 521 g/mol. The summed E-state index contributed by atoms with van der Waals surface area (Å²) in [4.78, 5) is 5.12. The van der Waals surface area contributed by atoms with Crippen LogP contribution in [0.15, 0.2) is 36.4 Å². The van der Waals surface area contributed by atoms with E-state index in [1.807, 2.05) is 12.1 Å². The number of rotatable bonds is 2. The van der Waals surface area contributed by atoms with Crippen LogP contribution < -0.4 is 0 Å². The molecule has 1 aromatic heterocycles. The third-order valence-electron chi connectivity index (χ3n) is 7.38. The van der Waals surface area contributed by atoms with Gasteiger partial charge >= 0.3 is 0 Å². The van der Waals surface area contributed by atoms with Crippen LogP contribution in [0.2, 0.25) is 0 Å². The second kappa shape index (κ2) is 6.82. The van der Waals surface area contributed by atoms with Gasteiger partial charge < -0.3 is 4.57 Å². The second-order valence-corrected chi connectivity index (χ2v) is 9.45. The summed E-state index contributed by atoms with van der Waals surface area (Å²) in [5.41, 5.74) is 6.88. The summed E-state index contributed by atoms with van der Waals surface area (Å²) in [5, 5.41) is 0. The van der Waals surface area contributed by atoms with E-state index in [2.05, 4.69) is 48.7 Å². The summed E-state index contributed by atoms with van der Waals surface area (Å²) < 4.78 is 2.43. The zero-order valence-corrected chi connectivity index (χ0v) is 19.0. The van der Waals surface area contributed by atoms with Gasteiger partial charge in [-0.05, 0) is 92.9 Å². The summed E-state index contributed by atoms with van der Waals surface area (Å²) in [7, 11) is 0. The van der Waals surface area contributed by atoms with Crippen LogP contribution in [0.3, 0.4) is 0 Å². The van der Waals surface area contributed by atoms with Crippen molar-refractivity contribution in [2.45, 2.75) is 63.8 Å². The predicted molar refractivity (Wildman–Crippen MR) is 110 cm³/mol. The van der Waals surface area contributed by atoms with E-state index in [1.165, 1.54) is 43.1 Å². The van der Waals surface area contributed by atoms with Gasteiger partial charge in [0.25, 0.3) is 0 Å². The molecule has 3 aromatic rings. The summed E-state index contributed by atoms with van der Waals surface area (Å²) in [6.07, 6.45) is 7.15. The van der Waals surface area contributed by atoms with Crippen LogP contribution in [0.25, 0.3) is 22.4 Å². The van der Waals surface area contributed by atoms with Crippen LogP contribution in [-0.4, -0.2) is 9.55 Å². The van der Waals surface area contributed by atoms with Crippen LogP contribution >= 0.6 is 0 Å². The summed E-state index contributed by atoms with van der Waals surface area (Å²) in [5.74, 6) is 4.55. The molecule has 2 atom stereocenters. The monoisotopic (exact) mass is 548 g/mol. The molecule has 4 aliphatic rings. The molecule has 2 unspecified atom stereocenters. The molecule has 1 heterocycles. The number of fused-ring (bicyclic) bond motifs is 1. The molecule has 3 heteroatoms. The molecular formula is C25H27IrN2-. The van der Waals surface area contributed by atoms with Gasteiger partial charge in [0, 0.05) is 26.1 Å². The molecule has 2 saturated carbocycles. The molecule has 4 bridgehead atoms. The summed E-state index contributed by atoms with van der Waals surface area (Å²) in [6.45, 7) is 4.54. The molecule has 28 heavy (non-hydrogen) atoms. The largest absolute Gasteiger partial charge is 0.362 e. The number of hydrogen-bond acceptors (Lipinski definition) is 1. The van der Waals surface area contributed by atoms with Gasteiger partial charge in [-0.1, -0.05) is 0 Å². The van der Waals surface area contributed by atoms with Crippen LogP contribution in [0.4, 0.5) is 0 Å². The minimum absolute atomic E-state index is 0. The van der Waals surface area contributed by atoms with E-state index in [1.54, 1.807) is 11.1 Å². The number of hydrogen-bond donors (Lipinski definition) is 0. The van der Waals surface area contributed by atoms with Gasteiger partial charge in [-0.3, -0.25) is 4.98 Å². The average Bonchev–Trinajstić information content (AvgIpc) is 2.97. The molecule has 1 radical (unpaired) electrons. The number of imidazole rings is 1. The van der Waals surface area contributed by atoms with Gasteiger partial charge in [0.2, 0.25) is 0 Å². The maximum atomic E-state index is 5.12. The normalized spacial score (nSPS) is 27.7. The van der Waals surface area contributed by atoms with Crippen molar-refractivity contribution in [1.82, 2.24) is 9.55 Å². The molecule has 2 nitrogen and oxygen atoms in total. The van der Waals surface area contributed by atoms with Gasteiger partial charge in [-0.2, -0.15) is 0 Å². The van der Waals surface area contributed by atoms with Crippen molar-refractivity contribution in [2.24, 2.45) is 11.8 Å². The quantitative estimate of drug-likeness (QED) is 0.336. The van der Waals surface area contributed by atoms with Crippen LogP contribution in [0, 0.1) is 17.9 Å². The van der Waals surface area contributed by atoms with E-state index in [0.717, 1.165) is 35.1 Å². The van der Waals surface area contributed by atoms with Gasteiger partial charge in [0.1, 0.15) is 0 Å². The molecule has 0 spiro atoms. The molecule has 0 amide bonds. The van der Waals surface area contributed by atoms with Crippen molar-refractivity contribution < 1.29 is 20.1 Å². The van der Waals surface area contributed by atoms with E-state index in [-0.39, 0.29) is 20.1 Å². The van der Waals surface area contributed by atoms with Gasteiger partial charge in [0.15, 0.2) is 0 Å². The Morgan fingerprint density at radius 3 is 2.25 bits per heavy atom. The fourth-order valence-corrected chi connectivity index (χ4v) is 6.48. The van der Waals surface area contributed by atoms with Crippen molar-refractivity contribution >= 4 is 11.0 Å². The van der Waals surface area contributed by atoms with E-state index in [9.17, 15) is 0 Å². The standard InChI is InChI=1S/C25H27N2.Ir/c1-15(2)27-24-14-22-20-11-16-8-17(12-20)10-19(9-16)21(22)13-23(24)26-25(27)18-6-4-3-5-7-18;/h3-6,13-17,19-20H,8-12H2,1-2H3;/q-1;. The Hall–Kier alpha value is -1.44. The summed E-state index contributed by atoms with van der Waals surface area (Å²) in [6, 6.07) is 17.0. The Morgan fingerprint density at radius 2 is 1.64 bits per heavy atom. The minimum atomic E-state index is 0. The van der Waals surface area contributed by atoms with Crippen molar-refractivity contribution in [3.63, 3.8) is 0 Å². The second-order valence-electron chi connectivity index (χ2n) is 9.45. The minimum Gasteiger partial charge on any atom is -0.362 e. The Morgan fingerprint density at radius 1 is 0.964 bits per heavy atom. The molecule has 147 valence electrons. The fourth-order valence-electron chi connectivity index (χ4n) is 6.48. The fraction of sp³-hybridized carbons (Fsp3) is 0.480. The first-order valence-electron chi connectivity index (χ1n) is 10.7. The number of aromatic nitrogens is 2. The SMILES string of the molecule is CC(C)n1c(-c2[c-]cccc2)nc2cc3c(cc21)C1CC2CC(CC3C2)C1.[Ir]. The first-order chi connectivity index (χ1) is 13.2. The van der Waals surface area contributed by atoms with Crippen molar-refractivity contribution in [3.05, 3.63) is 53.6 Å². The van der Waals surface area contributed by atoms with Gasteiger partial charge in [-0.15, -0.1) is 35.9 Å². The van der Waals surface area contributed by atoms with Crippen LogP contribution in [0.1, 0.15) is 75.0 Å². The Balaban J connectivity index is 0.00000171. The van der Waals surface area contributed by atoms with Gasteiger partial charge in [-0.25, -0.2) is 0 Å².